The molecule has 1 aromatic heterocycles. The Hall–Kier alpha value is -13.3. The second-order valence-electron chi connectivity index (χ2n) is 30.3. The average molecular weight is 1550 g/mol. The van der Waals surface area contributed by atoms with Gasteiger partial charge in [0.05, 0.1) is 22.2 Å². The van der Waals surface area contributed by atoms with Crippen molar-refractivity contribution in [3.05, 3.63) is 449 Å². The smallest absolute Gasteiger partial charge is 0.252 e. The van der Waals surface area contributed by atoms with Gasteiger partial charge in [-0.15, -0.1) is 18.5 Å². The SMILES string of the molecule is [2H]c1c([2H])c(-c2ccccc2)c([2H])c([Si](c2ccccc2)(c2ccccc2)c2cc(-c3ccc4c(c3)B3c5ccccc5N(c5cc(P)cc(P)c5)c5cc(-n6c7ccccc7c7ccccc76)cc(c53)N4c3ccc(-c4ccccc4)cc3)cc([Si](c3ccccc3)(c3ccccc3)c3ccc(-c4ccccc4)c(-c4ccccc4)c3)c2)c1[2H]. The molecule has 3 heterocycles. The molecule has 8 heteroatoms. The summed E-state index contributed by atoms with van der Waals surface area (Å²) in [6.45, 7) is -0.322. The van der Waals surface area contributed by atoms with Crippen LogP contribution in [0.4, 0.5) is 34.1 Å². The molecule has 2 unspecified atom stereocenters. The van der Waals surface area contributed by atoms with Crippen molar-refractivity contribution in [2.45, 2.75) is 0 Å². The van der Waals surface area contributed by atoms with Crippen molar-refractivity contribution in [3.63, 3.8) is 0 Å². The summed E-state index contributed by atoms with van der Waals surface area (Å²) in [5.74, 6) is 0. The number of para-hydroxylation sites is 3. The molecule has 0 N–H and O–H groups in total. The van der Waals surface area contributed by atoms with E-state index < -0.39 is 16.1 Å². The maximum Gasteiger partial charge on any atom is 0.252 e. The third-order valence-corrected chi connectivity index (χ3v) is 33.8. The zero-order chi connectivity index (χ0) is 80.7. The Morgan fingerprint density at radius 1 is 0.250 bits per heavy atom. The first kappa shape index (κ1) is 66.2. The molecule has 0 saturated heterocycles. The van der Waals surface area contributed by atoms with Gasteiger partial charge in [0.1, 0.15) is 0 Å². The van der Waals surface area contributed by atoms with E-state index in [1.807, 2.05) is 30.3 Å². The predicted octanol–water partition coefficient (Wildman–Crippen LogP) is 19.0. The van der Waals surface area contributed by atoms with Crippen LogP contribution in [-0.2, 0) is 0 Å². The number of benzene rings is 18. The molecule has 21 rings (SSSR count). The summed E-state index contributed by atoms with van der Waals surface area (Å²) < 4.78 is 44.5. The molecule has 19 aromatic rings. The van der Waals surface area contributed by atoms with Gasteiger partial charge in [0.15, 0.2) is 16.1 Å². The maximum absolute atomic E-state index is 11.1. The normalized spacial score (nSPS) is 12.8. The minimum atomic E-state index is -4.21. The van der Waals surface area contributed by atoms with Crippen molar-refractivity contribution in [2.24, 2.45) is 0 Å². The van der Waals surface area contributed by atoms with Crippen LogP contribution < -0.4 is 78.3 Å². The summed E-state index contributed by atoms with van der Waals surface area (Å²) in [5, 5.41) is 12.4. The van der Waals surface area contributed by atoms with Gasteiger partial charge >= 0.3 is 0 Å². The van der Waals surface area contributed by atoms with Gasteiger partial charge in [0.2, 0.25) is 0 Å². The van der Waals surface area contributed by atoms with Crippen LogP contribution in [0, 0.1) is 0 Å². The fraction of sp³-hybridized carbons (Fsp3) is 0. The molecule has 2 aliphatic rings. The summed E-state index contributed by atoms with van der Waals surface area (Å²) in [6.07, 6.45) is 0. The van der Waals surface area contributed by atoms with E-state index in [9.17, 15) is 5.48 Å². The maximum atomic E-state index is 11.1. The van der Waals surface area contributed by atoms with Gasteiger partial charge < -0.3 is 14.4 Å². The molecule has 546 valence electrons. The van der Waals surface area contributed by atoms with E-state index in [1.54, 1.807) is 0 Å². The minimum Gasteiger partial charge on any atom is -0.311 e. The van der Waals surface area contributed by atoms with Crippen LogP contribution in [0.15, 0.2) is 449 Å². The van der Waals surface area contributed by atoms with E-state index in [-0.39, 0.29) is 30.9 Å². The summed E-state index contributed by atoms with van der Waals surface area (Å²) in [6, 6.07) is 154. The molecular weight excluding hydrogens is 1470 g/mol. The third kappa shape index (κ3) is 11.9. The molecule has 0 spiro atoms. The number of aromatic nitrogens is 1. The highest BCUT2D eigenvalue weighted by atomic mass is 31.0. The molecule has 0 radical (unpaired) electrons. The lowest BCUT2D eigenvalue weighted by Crippen LogP contribution is -2.78. The molecule has 2 aliphatic heterocycles. The Morgan fingerprint density at radius 2 is 0.681 bits per heavy atom. The fourth-order valence-electron chi connectivity index (χ4n) is 18.9. The average Bonchev–Trinajstić information content (AvgIpc) is 0.740. The number of rotatable bonds is 16. The second-order valence-corrected chi connectivity index (χ2v) is 39.2. The summed E-state index contributed by atoms with van der Waals surface area (Å²) in [4.78, 5) is 5.04. The van der Waals surface area contributed by atoms with E-state index in [4.69, 9.17) is 0 Å². The van der Waals surface area contributed by atoms with Gasteiger partial charge in [-0.05, 0) is 191 Å². The van der Waals surface area contributed by atoms with E-state index in [2.05, 4.69) is 427 Å². The van der Waals surface area contributed by atoms with Crippen molar-refractivity contribution in [1.82, 2.24) is 4.57 Å². The third-order valence-electron chi connectivity index (χ3n) is 23.9. The highest BCUT2D eigenvalue weighted by molar-refractivity contribution is 7.29. The Kier molecular flexibility index (Phi) is 16.9. The second kappa shape index (κ2) is 29.6. The number of fused-ring (bicyclic) bond motifs is 7. The molecule has 0 bridgehead atoms. The van der Waals surface area contributed by atoms with Crippen LogP contribution in [0.5, 0.6) is 0 Å². The van der Waals surface area contributed by atoms with Crippen LogP contribution in [0.25, 0.3) is 83.1 Å². The molecule has 2 atom stereocenters. The van der Waals surface area contributed by atoms with Crippen molar-refractivity contribution in [3.8, 4) is 61.3 Å². The summed E-state index contributed by atoms with van der Waals surface area (Å²) >= 11 is 0. The number of hydrogen-bond donors (Lipinski definition) is 0. The Morgan fingerprint density at radius 3 is 1.22 bits per heavy atom. The zero-order valence-electron chi connectivity index (χ0n) is 67.5. The molecule has 116 heavy (non-hydrogen) atoms. The lowest BCUT2D eigenvalue weighted by Gasteiger charge is -2.44. The largest absolute Gasteiger partial charge is 0.311 e. The summed E-state index contributed by atoms with van der Waals surface area (Å²) in [5.41, 5.74) is 22.6. The summed E-state index contributed by atoms with van der Waals surface area (Å²) in [7, 11) is -1.98. The van der Waals surface area contributed by atoms with Crippen LogP contribution >= 0.6 is 18.5 Å². The Balaban J connectivity index is 0.913. The van der Waals surface area contributed by atoms with Gasteiger partial charge in [-0.2, -0.15) is 0 Å². The Bertz CT molecular complexity index is 7030. The van der Waals surface area contributed by atoms with Crippen molar-refractivity contribution in [1.29, 1.82) is 0 Å². The quantitative estimate of drug-likeness (QED) is 0.0543. The van der Waals surface area contributed by atoms with E-state index in [0.29, 0.717) is 16.3 Å². The van der Waals surface area contributed by atoms with Crippen LogP contribution in [0.1, 0.15) is 5.48 Å². The standard InChI is InChI=1S/C108H78BN3P2Si2/c113-86-68-84(69-87(114)72-86)112-104-55-30-27-52-100(104)109-101-67-81(58-63-105(101)110(83-59-56-77(57-60-83)75-32-9-1-10-33-75)106-70-85(71-107(112)108(106)109)111-102-53-28-25-50-97(102)98-51-26-29-54-103(98)111)82-65-94(115(88-41-17-5-18-42-88,89-43-19-6-20-44-89)92-49-31-40-80(64-92)76-34-11-2-12-35-76)73-95(66-82)116(90-45-21-7-22-46-90,91-47-23-8-24-48-91)93-61-62-96(78-36-13-3-14-37-78)99(74-93)79-38-15-4-16-39-79/h1-74H,113-114H2/i31D,40D,49D,64D. The van der Waals surface area contributed by atoms with E-state index in [0.717, 1.165) is 132 Å². The fourth-order valence-corrected chi connectivity index (χ4v) is 29.4. The van der Waals surface area contributed by atoms with Gasteiger partial charge in [-0.25, -0.2) is 0 Å². The first-order valence-corrected chi connectivity index (χ1v) is 44.8. The lowest BCUT2D eigenvalue weighted by atomic mass is 9.33. The van der Waals surface area contributed by atoms with Crippen LogP contribution in [0.2, 0.25) is 0 Å². The Labute approximate surface area is 690 Å². The van der Waals surface area contributed by atoms with Gasteiger partial charge in [-0.3, -0.25) is 0 Å². The predicted molar refractivity (Wildman–Crippen MR) is 508 cm³/mol. The molecular formula is C108H78BN3P2Si2. The van der Waals surface area contributed by atoms with Gasteiger partial charge in [0, 0.05) is 44.9 Å². The number of nitrogens with zero attached hydrogens (tertiary/aromatic N) is 3. The molecule has 0 aliphatic carbocycles. The first-order valence-electron chi connectivity index (χ1n) is 41.6. The first-order chi connectivity index (χ1) is 59.0. The monoisotopic (exact) mass is 1550 g/mol. The van der Waals surface area contributed by atoms with E-state index >= 15 is 0 Å². The van der Waals surface area contributed by atoms with Gasteiger partial charge in [-0.1, -0.05) is 382 Å². The number of anilines is 6. The van der Waals surface area contributed by atoms with E-state index in [1.165, 1.54) is 37.3 Å². The highest BCUT2D eigenvalue weighted by Crippen LogP contribution is 2.47. The van der Waals surface area contributed by atoms with Crippen LogP contribution in [-0.4, -0.2) is 27.4 Å². The van der Waals surface area contributed by atoms with Crippen LogP contribution in [0.3, 0.4) is 0 Å². The number of hydrogen-bond acceptors (Lipinski definition) is 2. The minimum absolute atomic E-state index is 0.0712. The molecule has 0 fully saturated rings. The molecule has 18 aromatic carbocycles. The van der Waals surface area contributed by atoms with Crippen molar-refractivity contribution in [2.75, 3.05) is 9.80 Å². The van der Waals surface area contributed by atoms with Crippen molar-refractivity contribution < 1.29 is 5.48 Å². The molecule has 3 nitrogen and oxygen atoms in total. The molecule has 0 saturated carbocycles. The molecule has 0 amide bonds. The highest BCUT2D eigenvalue weighted by Gasteiger charge is 2.48. The van der Waals surface area contributed by atoms with Gasteiger partial charge in [0.25, 0.3) is 6.71 Å². The zero-order valence-corrected chi connectivity index (χ0v) is 67.8. The topological polar surface area (TPSA) is 11.4 Å². The van der Waals surface area contributed by atoms with Crippen molar-refractivity contribution >= 4 is 166 Å². The lowest BCUT2D eigenvalue weighted by molar-refractivity contribution is 1.16.